The Morgan fingerprint density at radius 2 is 2.33 bits per heavy atom. The maximum absolute atomic E-state index is 5.66. The van der Waals surface area contributed by atoms with Crippen molar-refractivity contribution in [2.45, 2.75) is 38.5 Å². The van der Waals surface area contributed by atoms with E-state index in [0.717, 1.165) is 24.1 Å². The molecule has 0 atom stereocenters. The molecule has 2 rings (SSSR count). The van der Waals surface area contributed by atoms with Crippen LogP contribution in [0.4, 0.5) is 5.88 Å². The minimum atomic E-state index is 0.527. The quantitative estimate of drug-likeness (QED) is 0.748. The highest BCUT2D eigenvalue weighted by Crippen LogP contribution is 2.42. The second-order valence-corrected chi connectivity index (χ2v) is 3.43. The van der Waals surface area contributed by atoms with Gasteiger partial charge in [0, 0.05) is 11.5 Å². The van der Waals surface area contributed by atoms with Crippen LogP contribution in [0.15, 0.2) is 4.52 Å². The predicted octanol–water partition coefficient (Wildman–Crippen LogP) is 2.09. The van der Waals surface area contributed by atoms with Gasteiger partial charge in [0.15, 0.2) is 0 Å². The number of rotatable bonds is 3. The van der Waals surface area contributed by atoms with E-state index in [1.807, 2.05) is 0 Å². The van der Waals surface area contributed by atoms with Crippen LogP contribution in [0.1, 0.15) is 43.4 Å². The van der Waals surface area contributed by atoms with Crippen LogP contribution < -0.4 is 5.73 Å². The molecule has 0 spiro atoms. The Bertz CT molecular complexity index is 276. The molecular weight excluding hydrogens is 152 g/mol. The molecule has 12 heavy (non-hydrogen) atoms. The lowest BCUT2D eigenvalue weighted by Crippen LogP contribution is -1.93. The third-order valence-corrected chi connectivity index (χ3v) is 2.31. The highest BCUT2D eigenvalue weighted by Gasteiger charge is 2.30. The molecule has 0 bridgehead atoms. The zero-order valence-corrected chi connectivity index (χ0v) is 7.34. The van der Waals surface area contributed by atoms with Crippen LogP contribution in [0.2, 0.25) is 0 Å². The van der Waals surface area contributed by atoms with Crippen molar-refractivity contribution in [2.24, 2.45) is 0 Å². The zero-order chi connectivity index (χ0) is 8.55. The van der Waals surface area contributed by atoms with Crippen LogP contribution in [-0.4, -0.2) is 5.16 Å². The van der Waals surface area contributed by atoms with Gasteiger partial charge in [-0.2, -0.15) is 0 Å². The van der Waals surface area contributed by atoms with Gasteiger partial charge in [0.05, 0.1) is 5.69 Å². The highest BCUT2D eigenvalue weighted by molar-refractivity contribution is 5.41. The molecular formula is C9H14N2O. The van der Waals surface area contributed by atoms with Gasteiger partial charge in [-0.05, 0) is 19.3 Å². The zero-order valence-electron chi connectivity index (χ0n) is 7.34. The van der Waals surface area contributed by atoms with Gasteiger partial charge in [-0.3, -0.25) is 0 Å². The van der Waals surface area contributed by atoms with Crippen molar-refractivity contribution in [3.63, 3.8) is 0 Å². The van der Waals surface area contributed by atoms with Gasteiger partial charge in [0.2, 0.25) is 5.88 Å². The number of aromatic nitrogens is 1. The van der Waals surface area contributed by atoms with Crippen LogP contribution in [0.25, 0.3) is 0 Å². The lowest BCUT2D eigenvalue weighted by Gasteiger charge is -1.96. The van der Waals surface area contributed by atoms with Gasteiger partial charge < -0.3 is 10.3 Å². The van der Waals surface area contributed by atoms with Crippen molar-refractivity contribution < 1.29 is 4.52 Å². The summed E-state index contributed by atoms with van der Waals surface area (Å²) in [5.74, 6) is 1.17. The Kier molecular flexibility index (Phi) is 1.79. The monoisotopic (exact) mass is 166 g/mol. The molecule has 0 aliphatic heterocycles. The molecule has 2 N–H and O–H groups in total. The summed E-state index contributed by atoms with van der Waals surface area (Å²) in [6.07, 6.45) is 4.61. The van der Waals surface area contributed by atoms with E-state index in [-0.39, 0.29) is 0 Å². The number of hydrogen-bond acceptors (Lipinski definition) is 3. The first-order valence-electron chi connectivity index (χ1n) is 4.56. The normalized spacial score (nSPS) is 16.8. The van der Waals surface area contributed by atoms with Crippen LogP contribution in [0.5, 0.6) is 0 Å². The summed E-state index contributed by atoms with van der Waals surface area (Å²) in [6.45, 7) is 2.14. The van der Waals surface area contributed by atoms with Gasteiger partial charge in [0.25, 0.3) is 0 Å². The third kappa shape index (κ3) is 1.19. The lowest BCUT2D eigenvalue weighted by atomic mass is 10.1. The molecule has 3 heteroatoms. The fourth-order valence-electron chi connectivity index (χ4n) is 1.51. The van der Waals surface area contributed by atoms with Crippen LogP contribution >= 0.6 is 0 Å². The molecule has 1 aliphatic carbocycles. The van der Waals surface area contributed by atoms with E-state index >= 15 is 0 Å². The molecule has 0 amide bonds. The van der Waals surface area contributed by atoms with Crippen molar-refractivity contribution in [3.05, 3.63) is 11.3 Å². The smallest absolute Gasteiger partial charge is 0.225 e. The molecule has 1 aliphatic rings. The Balaban J connectivity index is 2.26. The number of nitrogens with zero attached hydrogens (tertiary/aromatic N) is 1. The summed E-state index contributed by atoms with van der Waals surface area (Å²) >= 11 is 0. The second-order valence-electron chi connectivity index (χ2n) is 3.43. The van der Waals surface area contributed by atoms with Crippen molar-refractivity contribution in [2.75, 3.05) is 5.73 Å². The number of anilines is 1. The van der Waals surface area contributed by atoms with Gasteiger partial charge in [-0.15, -0.1) is 0 Å². The van der Waals surface area contributed by atoms with E-state index in [9.17, 15) is 0 Å². The molecule has 0 radical (unpaired) electrons. The van der Waals surface area contributed by atoms with E-state index in [4.69, 9.17) is 10.3 Å². The summed E-state index contributed by atoms with van der Waals surface area (Å²) in [4.78, 5) is 0. The van der Waals surface area contributed by atoms with E-state index < -0.39 is 0 Å². The Labute approximate surface area is 71.9 Å². The molecule has 0 unspecified atom stereocenters. The van der Waals surface area contributed by atoms with Gasteiger partial charge >= 0.3 is 0 Å². The van der Waals surface area contributed by atoms with Crippen molar-refractivity contribution in [3.8, 4) is 0 Å². The molecule has 66 valence electrons. The van der Waals surface area contributed by atoms with Crippen LogP contribution in [0, 0.1) is 0 Å². The van der Waals surface area contributed by atoms with Crippen LogP contribution in [0.3, 0.4) is 0 Å². The Morgan fingerprint density at radius 3 is 2.92 bits per heavy atom. The molecule has 1 fully saturated rings. The Morgan fingerprint density at radius 1 is 1.58 bits per heavy atom. The standard InChI is InChI=1S/C9H14N2O/c1-2-3-7-8(6-4-5-6)11-12-9(7)10/h6H,2-5,10H2,1H3. The molecule has 0 aromatic carbocycles. The average molecular weight is 166 g/mol. The number of hydrogen-bond donors (Lipinski definition) is 1. The summed E-state index contributed by atoms with van der Waals surface area (Å²) in [5, 5.41) is 4.00. The average Bonchev–Trinajstić information content (AvgIpc) is 2.82. The molecule has 3 nitrogen and oxygen atoms in total. The maximum Gasteiger partial charge on any atom is 0.225 e. The number of nitrogen functional groups attached to an aromatic ring is 1. The predicted molar refractivity (Wildman–Crippen MR) is 46.9 cm³/mol. The third-order valence-electron chi connectivity index (χ3n) is 2.31. The molecule has 0 saturated heterocycles. The maximum atomic E-state index is 5.66. The molecule has 1 aromatic rings. The van der Waals surface area contributed by atoms with E-state index in [0.29, 0.717) is 11.8 Å². The minimum absolute atomic E-state index is 0.527. The molecule has 1 heterocycles. The topological polar surface area (TPSA) is 52.0 Å². The van der Waals surface area contributed by atoms with E-state index in [1.165, 1.54) is 12.8 Å². The SMILES string of the molecule is CCCc1c(C2CC2)noc1N. The van der Waals surface area contributed by atoms with Crippen molar-refractivity contribution >= 4 is 5.88 Å². The summed E-state index contributed by atoms with van der Waals surface area (Å²) in [7, 11) is 0. The summed E-state index contributed by atoms with van der Waals surface area (Å²) in [5.41, 5.74) is 7.94. The fraction of sp³-hybridized carbons (Fsp3) is 0.667. The van der Waals surface area contributed by atoms with Crippen LogP contribution in [-0.2, 0) is 6.42 Å². The van der Waals surface area contributed by atoms with Gasteiger partial charge in [0.1, 0.15) is 0 Å². The minimum Gasteiger partial charge on any atom is -0.367 e. The van der Waals surface area contributed by atoms with E-state index in [1.54, 1.807) is 0 Å². The Hall–Kier alpha value is -0.990. The first-order valence-corrected chi connectivity index (χ1v) is 4.56. The van der Waals surface area contributed by atoms with E-state index in [2.05, 4.69) is 12.1 Å². The molecule has 1 aromatic heterocycles. The van der Waals surface area contributed by atoms with Gasteiger partial charge in [-0.1, -0.05) is 18.5 Å². The summed E-state index contributed by atoms with van der Waals surface area (Å²) < 4.78 is 4.98. The largest absolute Gasteiger partial charge is 0.367 e. The van der Waals surface area contributed by atoms with Crippen molar-refractivity contribution in [1.29, 1.82) is 0 Å². The number of nitrogens with two attached hydrogens (primary N) is 1. The second kappa shape index (κ2) is 2.81. The summed E-state index contributed by atoms with van der Waals surface area (Å²) in [6, 6.07) is 0. The first-order chi connectivity index (χ1) is 5.83. The lowest BCUT2D eigenvalue weighted by molar-refractivity contribution is 0.427. The van der Waals surface area contributed by atoms with Gasteiger partial charge in [-0.25, -0.2) is 0 Å². The highest BCUT2D eigenvalue weighted by atomic mass is 16.5. The fourth-order valence-corrected chi connectivity index (χ4v) is 1.51. The van der Waals surface area contributed by atoms with Crippen molar-refractivity contribution in [1.82, 2.24) is 5.16 Å². The first kappa shape index (κ1) is 7.65. The molecule has 1 saturated carbocycles.